The molecule has 1 amide bonds. The number of benzene rings is 3. The number of carbonyl (C=O) groups excluding carboxylic acids is 1. The molecule has 0 saturated carbocycles. The van der Waals surface area contributed by atoms with Crippen molar-refractivity contribution in [2.75, 3.05) is 13.2 Å². The maximum absolute atomic E-state index is 12.8. The number of ether oxygens (including phenoxy) is 1. The standard InChI is InChI=1S/C24H22F3NO2/c25-24(26,27)20-12-7-13-21(16-20)30-17-23(29)28-15-14-22(18-8-3-1-4-9-18)19-10-5-2-6-11-19/h1-13,16,22H,14-15,17H2,(H,28,29). The number of halogens is 3. The fraction of sp³-hybridized carbons (Fsp3) is 0.208. The molecular formula is C24H22F3NO2. The quantitative estimate of drug-likeness (QED) is 0.535. The van der Waals surface area contributed by atoms with Crippen molar-refractivity contribution in [1.82, 2.24) is 5.32 Å². The van der Waals surface area contributed by atoms with Crippen LogP contribution in [0.15, 0.2) is 84.9 Å². The Morgan fingerprint density at radius 2 is 1.47 bits per heavy atom. The predicted molar refractivity (Wildman–Crippen MR) is 109 cm³/mol. The second kappa shape index (κ2) is 9.96. The second-order valence-corrected chi connectivity index (χ2v) is 6.83. The normalized spacial score (nSPS) is 11.3. The Labute approximate surface area is 173 Å². The number of hydrogen-bond acceptors (Lipinski definition) is 2. The first-order chi connectivity index (χ1) is 14.4. The highest BCUT2D eigenvalue weighted by molar-refractivity contribution is 5.77. The van der Waals surface area contributed by atoms with Gasteiger partial charge in [-0.3, -0.25) is 4.79 Å². The van der Waals surface area contributed by atoms with E-state index in [0.29, 0.717) is 13.0 Å². The van der Waals surface area contributed by atoms with Gasteiger partial charge in [0, 0.05) is 12.5 Å². The molecule has 0 saturated heterocycles. The lowest BCUT2D eigenvalue weighted by atomic mass is 9.88. The summed E-state index contributed by atoms with van der Waals surface area (Å²) in [5, 5.41) is 2.78. The van der Waals surface area contributed by atoms with E-state index in [2.05, 4.69) is 29.6 Å². The summed E-state index contributed by atoms with van der Waals surface area (Å²) in [5.41, 5.74) is 1.49. The van der Waals surface area contributed by atoms with Crippen molar-refractivity contribution < 1.29 is 22.7 Å². The van der Waals surface area contributed by atoms with Crippen molar-refractivity contribution in [3.05, 3.63) is 102 Å². The van der Waals surface area contributed by atoms with Crippen LogP contribution < -0.4 is 10.1 Å². The average molecular weight is 413 g/mol. The summed E-state index contributed by atoms with van der Waals surface area (Å²) in [6.07, 6.45) is -3.77. The molecule has 1 N–H and O–H groups in total. The summed E-state index contributed by atoms with van der Waals surface area (Å²) in [7, 11) is 0. The summed E-state index contributed by atoms with van der Waals surface area (Å²) in [4.78, 5) is 12.1. The van der Waals surface area contributed by atoms with E-state index >= 15 is 0 Å². The molecule has 0 aliphatic rings. The highest BCUT2D eigenvalue weighted by Gasteiger charge is 2.30. The van der Waals surface area contributed by atoms with Gasteiger partial charge in [0.15, 0.2) is 6.61 Å². The van der Waals surface area contributed by atoms with Gasteiger partial charge < -0.3 is 10.1 Å². The van der Waals surface area contributed by atoms with Crippen molar-refractivity contribution in [1.29, 1.82) is 0 Å². The molecule has 0 radical (unpaired) electrons. The monoisotopic (exact) mass is 413 g/mol. The van der Waals surface area contributed by atoms with Gasteiger partial charge in [0.2, 0.25) is 0 Å². The number of amides is 1. The minimum absolute atomic E-state index is 0.00595. The molecule has 156 valence electrons. The third-order valence-corrected chi connectivity index (χ3v) is 4.69. The third kappa shape index (κ3) is 6.11. The van der Waals surface area contributed by atoms with Gasteiger partial charge in [-0.25, -0.2) is 0 Å². The maximum Gasteiger partial charge on any atom is 0.416 e. The minimum atomic E-state index is -4.45. The lowest BCUT2D eigenvalue weighted by Gasteiger charge is -2.18. The molecule has 30 heavy (non-hydrogen) atoms. The topological polar surface area (TPSA) is 38.3 Å². The van der Waals surface area contributed by atoms with Crippen LogP contribution in [-0.2, 0) is 11.0 Å². The van der Waals surface area contributed by atoms with Crippen LogP contribution in [0.25, 0.3) is 0 Å². The molecule has 3 rings (SSSR count). The first-order valence-electron chi connectivity index (χ1n) is 9.60. The van der Waals surface area contributed by atoms with E-state index in [0.717, 1.165) is 23.3 Å². The number of alkyl halides is 3. The van der Waals surface area contributed by atoms with Crippen LogP contribution in [0.1, 0.15) is 29.0 Å². The average Bonchev–Trinajstić information content (AvgIpc) is 2.76. The Kier molecular flexibility index (Phi) is 7.12. The Hall–Kier alpha value is -3.28. The molecular weight excluding hydrogens is 391 g/mol. The molecule has 0 aromatic heterocycles. The summed E-state index contributed by atoms with van der Waals surface area (Å²) >= 11 is 0. The molecule has 0 heterocycles. The first kappa shape index (κ1) is 21.4. The molecule has 0 spiro atoms. The van der Waals surface area contributed by atoms with Crippen LogP contribution in [-0.4, -0.2) is 19.1 Å². The molecule has 3 aromatic rings. The fourth-order valence-electron chi connectivity index (χ4n) is 3.21. The maximum atomic E-state index is 12.8. The second-order valence-electron chi connectivity index (χ2n) is 6.83. The number of hydrogen-bond donors (Lipinski definition) is 1. The van der Waals surface area contributed by atoms with E-state index in [1.165, 1.54) is 12.1 Å². The zero-order chi connectivity index (χ0) is 21.4. The van der Waals surface area contributed by atoms with Crippen LogP contribution >= 0.6 is 0 Å². The Morgan fingerprint density at radius 1 is 0.867 bits per heavy atom. The summed E-state index contributed by atoms with van der Waals surface area (Å²) < 4.78 is 43.5. The van der Waals surface area contributed by atoms with Crippen molar-refractivity contribution in [2.24, 2.45) is 0 Å². The smallest absolute Gasteiger partial charge is 0.416 e. The molecule has 0 aliphatic carbocycles. The van der Waals surface area contributed by atoms with E-state index in [1.807, 2.05) is 36.4 Å². The molecule has 3 aromatic carbocycles. The predicted octanol–water partition coefficient (Wildman–Crippen LogP) is 5.42. The summed E-state index contributed by atoms with van der Waals surface area (Å²) in [5.74, 6) is -0.254. The van der Waals surface area contributed by atoms with Crippen molar-refractivity contribution >= 4 is 5.91 Å². The van der Waals surface area contributed by atoms with E-state index < -0.39 is 11.7 Å². The molecule has 6 heteroatoms. The van der Waals surface area contributed by atoms with Gasteiger partial charge in [-0.15, -0.1) is 0 Å². The Balaban J connectivity index is 1.54. The number of carbonyl (C=O) groups is 1. The summed E-state index contributed by atoms with van der Waals surface area (Å²) in [6, 6.07) is 24.5. The fourth-order valence-corrected chi connectivity index (χ4v) is 3.21. The van der Waals surface area contributed by atoms with Crippen LogP contribution in [0.4, 0.5) is 13.2 Å². The van der Waals surface area contributed by atoms with E-state index in [9.17, 15) is 18.0 Å². The molecule has 0 aliphatic heterocycles. The minimum Gasteiger partial charge on any atom is -0.484 e. The number of nitrogens with one attached hydrogen (secondary N) is 1. The van der Waals surface area contributed by atoms with Gasteiger partial charge in [0.05, 0.1) is 5.56 Å². The van der Waals surface area contributed by atoms with Gasteiger partial charge in [-0.2, -0.15) is 13.2 Å². The highest BCUT2D eigenvalue weighted by atomic mass is 19.4. The molecule has 0 bridgehead atoms. The van der Waals surface area contributed by atoms with Gasteiger partial charge in [0.1, 0.15) is 5.75 Å². The Morgan fingerprint density at radius 3 is 2.03 bits per heavy atom. The molecule has 0 atom stereocenters. The van der Waals surface area contributed by atoms with Gasteiger partial charge >= 0.3 is 6.18 Å². The van der Waals surface area contributed by atoms with Gasteiger partial charge in [-0.1, -0.05) is 66.7 Å². The van der Waals surface area contributed by atoms with Crippen LogP contribution in [0.2, 0.25) is 0 Å². The first-order valence-corrected chi connectivity index (χ1v) is 9.60. The van der Waals surface area contributed by atoms with Gasteiger partial charge in [-0.05, 0) is 35.7 Å². The van der Waals surface area contributed by atoms with E-state index in [4.69, 9.17) is 4.74 Å². The van der Waals surface area contributed by atoms with Gasteiger partial charge in [0.25, 0.3) is 5.91 Å². The zero-order valence-corrected chi connectivity index (χ0v) is 16.2. The van der Waals surface area contributed by atoms with Crippen molar-refractivity contribution in [2.45, 2.75) is 18.5 Å². The lowest BCUT2D eigenvalue weighted by molar-refractivity contribution is -0.137. The molecule has 3 nitrogen and oxygen atoms in total. The lowest BCUT2D eigenvalue weighted by Crippen LogP contribution is -2.30. The van der Waals surface area contributed by atoms with Crippen molar-refractivity contribution in [3.8, 4) is 5.75 Å². The largest absolute Gasteiger partial charge is 0.484 e. The van der Waals surface area contributed by atoms with Crippen molar-refractivity contribution in [3.63, 3.8) is 0 Å². The van der Waals surface area contributed by atoms with Crippen LogP contribution in [0.3, 0.4) is 0 Å². The highest BCUT2D eigenvalue weighted by Crippen LogP contribution is 2.31. The van der Waals surface area contributed by atoms with E-state index in [-0.39, 0.29) is 24.2 Å². The van der Waals surface area contributed by atoms with Crippen LogP contribution in [0.5, 0.6) is 5.75 Å². The molecule has 0 fully saturated rings. The summed E-state index contributed by atoms with van der Waals surface area (Å²) in [6.45, 7) is 0.0713. The number of rotatable bonds is 8. The SMILES string of the molecule is O=C(COc1cccc(C(F)(F)F)c1)NCCC(c1ccccc1)c1ccccc1. The zero-order valence-electron chi connectivity index (χ0n) is 16.2. The van der Waals surface area contributed by atoms with Crippen LogP contribution in [0, 0.1) is 0 Å². The molecule has 0 unspecified atom stereocenters. The van der Waals surface area contributed by atoms with E-state index in [1.54, 1.807) is 0 Å². The third-order valence-electron chi connectivity index (χ3n) is 4.69. The Bertz CT molecular complexity index is 904.